The quantitative estimate of drug-likeness (QED) is 0.851. The van der Waals surface area contributed by atoms with Gasteiger partial charge < -0.3 is 0 Å². The van der Waals surface area contributed by atoms with E-state index in [1.165, 1.54) is 31.4 Å². The van der Waals surface area contributed by atoms with Crippen LogP contribution >= 0.6 is 12.2 Å². The Morgan fingerprint density at radius 1 is 1.16 bits per heavy atom. The standard InChI is InChI=1S/C14H18N4S/c1-9-7-10(2)16-14(15-9)18-13(19)8-12(17-18)11-5-3-4-6-11/h7-8,11,17H,3-6H2,1-2H3. The van der Waals surface area contributed by atoms with E-state index in [9.17, 15) is 0 Å². The van der Waals surface area contributed by atoms with E-state index in [1.807, 2.05) is 24.6 Å². The molecule has 0 aliphatic heterocycles. The zero-order valence-electron chi connectivity index (χ0n) is 11.3. The molecule has 5 heteroatoms. The predicted molar refractivity (Wildman–Crippen MR) is 77.2 cm³/mol. The van der Waals surface area contributed by atoms with E-state index in [4.69, 9.17) is 12.2 Å². The normalized spacial score (nSPS) is 16.1. The Hall–Kier alpha value is -1.49. The highest BCUT2D eigenvalue weighted by molar-refractivity contribution is 7.71. The fraction of sp³-hybridized carbons (Fsp3) is 0.500. The summed E-state index contributed by atoms with van der Waals surface area (Å²) < 4.78 is 2.58. The molecular weight excluding hydrogens is 256 g/mol. The van der Waals surface area contributed by atoms with Gasteiger partial charge in [-0.05, 0) is 38.8 Å². The van der Waals surface area contributed by atoms with Crippen LogP contribution in [0, 0.1) is 18.5 Å². The fourth-order valence-electron chi connectivity index (χ4n) is 2.82. The Labute approximate surface area is 117 Å². The molecule has 2 aromatic rings. The molecule has 0 unspecified atom stereocenters. The molecule has 1 aliphatic carbocycles. The summed E-state index contributed by atoms with van der Waals surface area (Å²) in [5.41, 5.74) is 3.15. The summed E-state index contributed by atoms with van der Waals surface area (Å²) in [7, 11) is 0. The second kappa shape index (κ2) is 4.89. The molecule has 2 heterocycles. The molecule has 0 radical (unpaired) electrons. The molecule has 0 aromatic carbocycles. The summed E-state index contributed by atoms with van der Waals surface area (Å²) in [6.07, 6.45) is 5.14. The van der Waals surface area contributed by atoms with Gasteiger partial charge in [0.25, 0.3) is 5.95 Å². The highest BCUT2D eigenvalue weighted by Gasteiger charge is 2.19. The first-order valence-electron chi connectivity index (χ1n) is 6.78. The van der Waals surface area contributed by atoms with E-state index < -0.39 is 0 Å². The smallest absolute Gasteiger partial charge is 0.250 e. The molecule has 4 nitrogen and oxygen atoms in total. The summed E-state index contributed by atoms with van der Waals surface area (Å²) in [6, 6.07) is 4.03. The van der Waals surface area contributed by atoms with Gasteiger partial charge in [-0.2, -0.15) is 0 Å². The van der Waals surface area contributed by atoms with E-state index in [-0.39, 0.29) is 0 Å². The number of H-pyrrole nitrogens is 1. The maximum atomic E-state index is 5.43. The summed E-state index contributed by atoms with van der Waals surface area (Å²) in [6.45, 7) is 3.95. The predicted octanol–water partition coefficient (Wildman–Crippen LogP) is 3.60. The Morgan fingerprint density at radius 3 is 2.42 bits per heavy atom. The van der Waals surface area contributed by atoms with Crippen molar-refractivity contribution in [3.8, 4) is 5.95 Å². The summed E-state index contributed by atoms with van der Waals surface area (Å²) in [5, 5.41) is 3.38. The van der Waals surface area contributed by atoms with Crippen molar-refractivity contribution < 1.29 is 0 Å². The number of rotatable bonds is 2. The third-order valence-electron chi connectivity index (χ3n) is 3.71. The lowest BCUT2D eigenvalue weighted by Gasteiger charge is -2.07. The number of aromatic nitrogens is 4. The lowest BCUT2D eigenvalue weighted by Crippen LogP contribution is -2.06. The van der Waals surface area contributed by atoms with Gasteiger partial charge in [-0.3, -0.25) is 5.10 Å². The van der Waals surface area contributed by atoms with Crippen LogP contribution in [0.5, 0.6) is 0 Å². The second-order valence-electron chi connectivity index (χ2n) is 5.32. The SMILES string of the molecule is Cc1cc(C)nc(-n2[nH]c(C3CCCC3)cc2=S)n1. The summed E-state index contributed by atoms with van der Waals surface area (Å²) in [5.74, 6) is 1.26. The van der Waals surface area contributed by atoms with Crippen LogP contribution in [0.1, 0.15) is 48.7 Å². The Morgan fingerprint density at radius 2 is 1.79 bits per heavy atom. The summed E-state index contributed by atoms with van der Waals surface area (Å²) in [4.78, 5) is 8.92. The Balaban J connectivity index is 2.02. The minimum atomic E-state index is 0.619. The first-order chi connectivity index (χ1) is 9.13. The van der Waals surface area contributed by atoms with Crippen molar-refractivity contribution in [1.29, 1.82) is 0 Å². The van der Waals surface area contributed by atoms with Gasteiger partial charge in [0.05, 0.1) is 0 Å². The molecule has 3 rings (SSSR count). The molecule has 0 atom stereocenters. The van der Waals surface area contributed by atoms with Crippen LogP contribution in [0.4, 0.5) is 0 Å². The molecule has 0 spiro atoms. The molecule has 100 valence electrons. The molecule has 2 aromatic heterocycles. The average Bonchev–Trinajstić information content (AvgIpc) is 2.95. The first-order valence-corrected chi connectivity index (χ1v) is 7.19. The van der Waals surface area contributed by atoms with Crippen molar-refractivity contribution >= 4 is 12.2 Å². The van der Waals surface area contributed by atoms with Crippen molar-refractivity contribution in [2.45, 2.75) is 45.4 Å². The van der Waals surface area contributed by atoms with Crippen LogP contribution in [0.3, 0.4) is 0 Å². The maximum absolute atomic E-state index is 5.43. The van der Waals surface area contributed by atoms with E-state index in [0.717, 1.165) is 16.0 Å². The molecule has 1 N–H and O–H groups in total. The van der Waals surface area contributed by atoms with Gasteiger partial charge in [-0.25, -0.2) is 14.6 Å². The van der Waals surface area contributed by atoms with Gasteiger partial charge in [0.15, 0.2) is 0 Å². The fourth-order valence-corrected chi connectivity index (χ4v) is 3.07. The van der Waals surface area contributed by atoms with Crippen LogP contribution in [-0.2, 0) is 0 Å². The lowest BCUT2D eigenvalue weighted by atomic mass is 10.1. The third kappa shape index (κ3) is 2.47. The van der Waals surface area contributed by atoms with E-state index in [0.29, 0.717) is 11.9 Å². The minimum Gasteiger partial charge on any atom is -0.294 e. The third-order valence-corrected chi connectivity index (χ3v) is 4.01. The number of hydrogen-bond donors (Lipinski definition) is 1. The van der Waals surface area contributed by atoms with Crippen LogP contribution in [-0.4, -0.2) is 19.7 Å². The van der Waals surface area contributed by atoms with Gasteiger partial charge in [-0.1, -0.05) is 25.1 Å². The molecule has 0 amide bonds. The highest BCUT2D eigenvalue weighted by atomic mass is 32.1. The molecule has 0 bridgehead atoms. The van der Waals surface area contributed by atoms with Crippen LogP contribution < -0.4 is 0 Å². The van der Waals surface area contributed by atoms with E-state index in [2.05, 4.69) is 21.1 Å². The van der Waals surface area contributed by atoms with Gasteiger partial charge >= 0.3 is 0 Å². The first kappa shape index (κ1) is 12.5. The molecular formula is C14H18N4S. The highest BCUT2D eigenvalue weighted by Crippen LogP contribution is 2.33. The number of hydrogen-bond acceptors (Lipinski definition) is 3. The van der Waals surface area contributed by atoms with Gasteiger partial charge in [0.2, 0.25) is 0 Å². The van der Waals surface area contributed by atoms with Crippen molar-refractivity contribution in [2.24, 2.45) is 0 Å². The number of aryl methyl sites for hydroxylation is 2. The molecule has 1 saturated carbocycles. The van der Waals surface area contributed by atoms with Gasteiger partial charge in [0, 0.05) is 23.0 Å². The van der Waals surface area contributed by atoms with Crippen LogP contribution in [0.2, 0.25) is 0 Å². The average molecular weight is 274 g/mol. The monoisotopic (exact) mass is 274 g/mol. The number of nitrogens with zero attached hydrogens (tertiary/aromatic N) is 3. The molecule has 0 saturated heterocycles. The summed E-state index contributed by atoms with van der Waals surface area (Å²) >= 11 is 5.43. The van der Waals surface area contributed by atoms with Crippen molar-refractivity contribution in [2.75, 3.05) is 0 Å². The minimum absolute atomic E-state index is 0.619. The van der Waals surface area contributed by atoms with Gasteiger partial charge in [0.1, 0.15) is 4.64 Å². The molecule has 19 heavy (non-hydrogen) atoms. The number of nitrogens with one attached hydrogen (secondary N) is 1. The molecule has 1 fully saturated rings. The lowest BCUT2D eigenvalue weighted by molar-refractivity contribution is 0.668. The zero-order chi connectivity index (χ0) is 13.4. The second-order valence-corrected chi connectivity index (χ2v) is 5.74. The Bertz CT molecular complexity index is 629. The molecule has 1 aliphatic rings. The van der Waals surface area contributed by atoms with Crippen molar-refractivity contribution in [3.63, 3.8) is 0 Å². The van der Waals surface area contributed by atoms with E-state index in [1.54, 1.807) is 0 Å². The zero-order valence-corrected chi connectivity index (χ0v) is 12.1. The Kier molecular flexibility index (Phi) is 3.22. The maximum Gasteiger partial charge on any atom is 0.250 e. The number of aromatic amines is 1. The van der Waals surface area contributed by atoms with E-state index >= 15 is 0 Å². The van der Waals surface area contributed by atoms with Crippen LogP contribution in [0.15, 0.2) is 12.1 Å². The largest absolute Gasteiger partial charge is 0.294 e. The van der Waals surface area contributed by atoms with Crippen molar-refractivity contribution in [1.82, 2.24) is 19.7 Å². The topological polar surface area (TPSA) is 46.5 Å². The van der Waals surface area contributed by atoms with Crippen molar-refractivity contribution in [3.05, 3.63) is 33.9 Å². The van der Waals surface area contributed by atoms with Crippen LogP contribution in [0.25, 0.3) is 5.95 Å². The van der Waals surface area contributed by atoms with Gasteiger partial charge in [-0.15, -0.1) is 0 Å².